The Morgan fingerprint density at radius 1 is 1.35 bits per heavy atom. The molecular formula is C16H17BrFNO4. The van der Waals surface area contributed by atoms with Crippen LogP contribution in [0.25, 0.3) is 0 Å². The van der Waals surface area contributed by atoms with Gasteiger partial charge in [-0.1, -0.05) is 0 Å². The van der Waals surface area contributed by atoms with Gasteiger partial charge in [-0.2, -0.15) is 0 Å². The minimum atomic E-state index is -0.866. The third-order valence-electron chi connectivity index (χ3n) is 4.99. The molecule has 0 heterocycles. The third kappa shape index (κ3) is 2.82. The molecule has 3 rings (SSSR count). The molecule has 0 aliphatic heterocycles. The number of halogens is 2. The Balaban J connectivity index is 1.84. The highest BCUT2D eigenvalue weighted by Crippen LogP contribution is 2.48. The normalized spacial score (nSPS) is 28.7. The molecule has 2 aliphatic carbocycles. The van der Waals surface area contributed by atoms with Gasteiger partial charge in [0.05, 0.1) is 23.1 Å². The number of carboxylic acid groups (broad SMARTS) is 1. The highest BCUT2D eigenvalue weighted by atomic mass is 79.9. The van der Waals surface area contributed by atoms with Crippen LogP contribution in [0, 0.1) is 23.6 Å². The zero-order valence-corrected chi connectivity index (χ0v) is 14.1. The molecule has 2 fully saturated rings. The number of hydrogen-bond acceptors (Lipinski definition) is 3. The summed E-state index contributed by atoms with van der Waals surface area (Å²) in [5.41, 5.74) is 0.188. The molecule has 1 aromatic rings. The first-order valence-corrected chi connectivity index (χ1v) is 8.28. The molecule has 1 aromatic carbocycles. The van der Waals surface area contributed by atoms with Crippen LogP contribution in [0.2, 0.25) is 0 Å². The first-order chi connectivity index (χ1) is 10.9. The second-order valence-corrected chi connectivity index (χ2v) is 7.02. The quantitative estimate of drug-likeness (QED) is 0.835. The summed E-state index contributed by atoms with van der Waals surface area (Å²) in [6.45, 7) is 0. The van der Waals surface area contributed by atoms with E-state index in [1.165, 1.54) is 13.2 Å². The Bertz CT molecular complexity index is 666. The molecule has 0 radical (unpaired) electrons. The van der Waals surface area contributed by atoms with Gasteiger partial charge in [0.1, 0.15) is 11.6 Å². The van der Waals surface area contributed by atoms with Crippen molar-refractivity contribution in [2.75, 3.05) is 7.11 Å². The largest absolute Gasteiger partial charge is 0.496 e. The van der Waals surface area contributed by atoms with E-state index in [1.807, 2.05) is 0 Å². The van der Waals surface area contributed by atoms with Crippen LogP contribution in [0.15, 0.2) is 16.6 Å². The first-order valence-electron chi connectivity index (χ1n) is 7.49. The topological polar surface area (TPSA) is 75.6 Å². The van der Waals surface area contributed by atoms with E-state index < -0.39 is 23.6 Å². The number of nitrogens with one attached hydrogen (secondary N) is 1. The van der Waals surface area contributed by atoms with Crippen LogP contribution in [-0.4, -0.2) is 30.1 Å². The summed E-state index contributed by atoms with van der Waals surface area (Å²) < 4.78 is 18.8. The zero-order valence-electron chi connectivity index (χ0n) is 12.5. The average molecular weight is 386 g/mol. The molecule has 2 bridgehead atoms. The summed E-state index contributed by atoms with van der Waals surface area (Å²) >= 11 is 3.05. The second-order valence-electron chi connectivity index (χ2n) is 6.16. The van der Waals surface area contributed by atoms with Gasteiger partial charge in [-0.15, -0.1) is 0 Å². The van der Waals surface area contributed by atoms with Gasteiger partial charge in [0.25, 0.3) is 5.91 Å². The SMILES string of the molecule is COc1cc(F)c(Br)cc1C(=O)N[C@@H]1[C@H]2CC[C@H](C2)[C@@H]1C(=O)O. The minimum absolute atomic E-state index is 0.123. The number of carbonyl (C=O) groups excluding carboxylic acids is 1. The van der Waals surface area contributed by atoms with Gasteiger partial charge in [-0.05, 0) is 53.1 Å². The number of benzene rings is 1. The van der Waals surface area contributed by atoms with E-state index in [4.69, 9.17) is 4.74 Å². The van der Waals surface area contributed by atoms with Crippen molar-refractivity contribution in [2.45, 2.75) is 25.3 Å². The molecular weight excluding hydrogens is 369 g/mol. The third-order valence-corrected chi connectivity index (χ3v) is 5.59. The molecule has 5 nitrogen and oxygen atoms in total. The molecule has 23 heavy (non-hydrogen) atoms. The maximum absolute atomic E-state index is 13.6. The molecule has 2 saturated carbocycles. The van der Waals surface area contributed by atoms with Crippen molar-refractivity contribution in [1.82, 2.24) is 5.32 Å². The lowest BCUT2D eigenvalue weighted by Crippen LogP contribution is -2.46. The smallest absolute Gasteiger partial charge is 0.308 e. The summed E-state index contributed by atoms with van der Waals surface area (Å²) in [7, 11) is 1.36. The lowest BCUT2D eigenvalue weighted by Gasteiger charge is -2.29. The molecule has 0 saturated heterocycles. The van der Waals surface area contributed by atoms with Crippen molar-refractivity contribution in [3.8, 4) is 5.75 Å². The van der Waals surface area contributed by atoms with E-state index in [-0.39, 0.29) is 33.7 Å². The number of aliphatic carboxylic acids is 1. The van der Waals surface area contributed by atoms with Crippen LogP contribution in [-0.2, 0) is 4.79 Å². The summed E-state index contributed by atoms with van der Waals surface area (Å²) in [4.78, 5) is 24.1. The van der Waals surface area contributed by atoms with E-state index in [0.717, 1.165) is 25.3 Å². The second kappa shape index (κ2) is 6.11. The van der Waals surface area contributed by atoms with Crippen LogP contribution in [0.1, 0.15) is 29.6 Å². The number of ether oxygens (including phenoxy) is 1. The fourth-order valence-corrected chi connectivity index (χ4v) is 4.30. The lowest BCUT2D eigenvalue weighted by molar-refractivity contribution is -0.144. The number of carbonyl (C=O) groups is 2. The number of carboxylic acids is 1. The fraction of sp³-hybridized carbons (Fsp3) is 0.500. The maximum Gasteiger partial charge on any atom is 0.308 e. The summed E-state index contributed by atoms with van der Waals surface area (Å²) in [5, 5.41) is 12.3. The monoisotopic (exact) mass is 385 g/mol. The number of amides is 1. The van der Waals surface area contributed by atoms with Gasteiger partial charge in [-0.3, -0.25) is 9.59 Å². The summed E-state index contributed by atoms with van der Waals surface area (Å²) in [5.74, 6) is -1.93. The molecule has 2 aliphatic rings. The van der Waals surface area contributed by atoms with Gasteiger partial charge in [-0.25, -0.2) is 4.39 Å². The van der Waals surface area contributed by atoms with E-state index in [1.54, 1.807) is 0 Å². The standard InChI is InChI=1S/C16H17BrFNO4/c1-23-12-6-11(18)10(17)5-9(12)15(20)19-14-8-3-2-7(4-8)13(14)16(21)22/h5-8,13-14H,2-4H2,1H3,(H,19,20)(H,21,22)/t7-,8+,13+,14-/m1/s1. The number of methoxy groups -OCH3 is 1. The van der Waals surface area contributed by atoms with E-state index in [2.05, 4.69) is 21.2 Å². The molecule has 0 unspecified atom stereocenters. The molecule has 1 amide bonds. The number of hydrogen-bond donors (Lipinski definition) is 2. The van der Waals surface area contributed by atoms with Gasteiger partial charge in [0, 0.05) is 12.1 Å². The van der Waals surface area contributed by atoms with Gasteiger partial charge < -0.3 is 15.2 Å². The van der Waals surface area contributed by atoms with Gasteiger partial charge in [0.15, 0.2) is 0 Å². The van der Waals surface area contributed by atoms with E-state index in [9.17, 15) is 19.1 Å². The van der Waals surface area contributed by atoms with Crippen molar-refractivity contribution in [2.24, 2.45) is 17.8 Å². The predicted molar refractivity (Wildman–Crippen MR) is 83.9 cm³/mol. The highest BCUT2D eigenvalue weighted by molar-refractivity contribution is 9.10. The first kappa shape index (κ1) is 16.2. The highest BCUT2D eigenvalue weighted by Gasteiger charge is 2.51. The summed E-state index contributed by atoms with van der Waals surface area (Å²) in [6, 6.07) is 2.10. The molecule has 0 spiro atoms. The Kier molecular flexibility index (Phi) is 4.31. The van der Waals surface area contributed by atoms with Crippen molar-refractivity contribution in [3.63, 3.8) is 0 Å². The van der Waals surface area contributed by atoms with Gasteiger partial charge in [0.2, 0.25) is 0 Å². The molecule has 0 aromatic heterocycles. The van der Waals surface area contributed by atoms with Crippen LogP contribution in [0.4, 0.5) is 4.39 Å². The van der Waals surface area contributed by atoms with E-state index >= 15 is 0 Å². The van der Waals surface area contributed by atoms with Crippen LogP contribution < -0.4 is 10.1 Å². The van der Waals surface area contributed by atoms with Crippen molar-refractivity contribution in [1.29, 1.82) is 0 Å². The van der Waals surface area contributed by atoms with Gasteiger partial charge >= 0.3 is 5.97 Å². The minimum Gasteiger partial charge on any atom is -0.496 e. The Labute approximate surface area is 141 Å². The Morgan fingerprint density at radius 3 is 2.70 bits per heavy atom. The number of rotatable bonds is 4. The van der Waals surface area contributed by atoms with Crippen molar-refractivity contribution >= 4 is 27.8 Å². The van der Waals surface area contributed by atoms with Crippen LogP contribution in [0.5, 0.6) is 5.75 Å². The molecule has 7 heteroatoms. The van der Waals surface area contributed by atoms with Crippen LogP contribution in [0.3, 0.4) is 0 Å². The number of fused-ring (bicyclic) bond motifs is 2. The fourth-order valence-electron chi connectivity index (χ4n) is 3.96. The molecule has 2 N–H and O–H groups in total. The average Bonchev–Trinajstić information content (AvgIpc) is 3.10. The zero-order chi connectivity index (χ0) is 16.7. The van der Waals surface area contributed by atoms with Crippen molar-refractivity contribution < 1.29 is 23.8 Å². The van der Waals surface area contributed by atoms with Crippen LogP contribution >= 0.6 is 15.9 Å². The Morgan fingerprint density at radius 2 is 2.04 bits per heavy atom. The predicted octanol–water partition coefficient (Wildman–Crippen LogP) is 2.83. The Hall–Kier alpha value is -1.63. The summed E-state index contributed by atoms with van der Waals surface area (Å²) in [6.07, 6.45) is 2.68. The maximum atomic E-state index is 13.6. The lowest BCUT2D eigenvalue weighted by atomic mass is 9.84. The van der Waals surface area contributed by atoms with Crippen molar-refractivity contribution in [3.05, 3.63) is 28.0 Å². The molecule has 4 atom stereocenters. The molecule has 124 valence electrons. The van der Waals surface area contributed by atoms with E-state index in [0.29, 0.717) is 0 Å².